The highest BCUT2D eigenvalue weighted by Crippen LogP contribution is 2.51. The normalized spacial score (nSPS) is 19.3. The predicted molar refractivity (Wildman–Crippen MR) is 461 cm³/mol. The van der Waals surface area contributed by atoms with Gasteiger partial charge in [0.25, 0.3) is 31.5 Å². The van der Waals surface area contributed by atoms with Gasteiger partial charge >= 0.3 is 0 Å². The average molecular weight is 1700 g/mol. The van der Waals surface area contributed by atoms with Gasteiger partial charge in [0.05, 0.1) is 38.9 Å². The van der Waals surface area contributed by atoms with Gasteiger partial charge in [0, 0.05) is 83.0 Å². The van der Waals surface area contributed by atoms with Gasteiger partial charge in [-0.15, -0.1) is 0 Å². The van der Waals surface area contributed by atoms with E-state index < -0.39 is 88.0 Å². The van der Waals surface area contributed by atoms with E-state index in [1.54, 1.807) is 23.8 Å². The van der Waals surface area contributed by atoms with Gasteiger partial charge in [-0.1, -0.05) is 155 Å². The van der Waals surface area contributed by atoms with Gasteiger partial charge in [-0.2, -0.15) is 9.97 Å². The minimum atomic E-state index is -1.56. The number of nitrogens with zero attached hydrogens (tertiary/aromatic N) is 8. The van der Waals surface area contributed by atoms with Crippen molar-refractivity contribution in [2.45, 2.75) is 266 Å². The molecule has 28 nitrogen and oxygen atoms in total. The second-order valence-electron chi connectivity index (χ2n) is 29.0. The van der Waals surface area contributed by atoms with Crippen molar-refractivity contribution in [3.63, 3.8) is 0 Å². The fraction of sp³-hybridized carbons (Fsp3) is 0.684. The van der Waals surface area contributed by atoms with Crippen LogP contribution in [-0.4, -0.2) is 227 Å². The van der Waals surface area contributed by atoms with Crippen LogP contribution in [0.2, 0.25) is 0 Å². The molecule has 10 atom stereocenters. The molecule has 35 heteroatoms. The standard InChI is InChI=1S/C36H57N6O7PS2.C22H27N5O6.C8H18OS2.C7H17ClNP.2CH4O.CH4/c1-22(2)26-14-16-27(17-15-26)46-20-28(43)38-35-39-32-29(33(44)40-35)37-21-41(32)34-31(45-11)30(25(7)48-34)49-50(42(23(3)4)24(5)6)47-18-12-13-19-51-52-36(8,9)10;1-11(2)13-5-7-14(8-6-13)32-9-15(28)24-22-25-19-16(20(30)26-22)23-10-27(19)21-18(31-4)17(29)12(3)33-21;1-8(2,3)11-10-7-5-4-6-9;1-6(2)9(7(3)4)10(5)8;2*1-2;/h14-17,21-25,30-31,34H,12-13,18-20H2,1-11H3,(H2,38,39,40,43,44);5-8,10-12,17-18,21,29H,9H2,1-4H3,(H2,24,25,26,28,30);9H,4-7H2,1-3H3;6-7H,1-5H3;2*2H,1H3;1H4/t25-,30?,31+,34-,50?;12-,17?,18+,21-;;;;;/m11...../s1/i7D;3D;;;2*2T;. The number of anilines is 2. The van der Waals surface area contributed by atoms with Crippen LogP contribution in [0, 0.1) is 0 Å². The van der Waals surface area contributed by atoms with Crippen LogP contribution in [0.3, 0.4) is 0 Å². The zero-order chi connectivity index (χ0) is 85.7. The zero-order valence-electron chi connectivity index (χ0n) is 72.4. The predicted octanol–water partition coefficient (Wildman–Crippen LogP) is 15.5. The number of aromatic amines is 2. The Morgan fingerprint density at radius 3 is 1.41 bits per heavy atom. The topological polar surface area (TPSA) is 347 Å². The monoisotopic (exact) mass is 1700 g/mol. The molecule has 2 amide bonds. The average Bonchev–Trinajstić information content (AvgIpc) is 1.62. The van der Waals surface area contributed by atoms with Gasteiger partial charge in [0.1, 0.15) is 35.9 Å². The van der Waals surface area contributed by atoms with Crippen LogP contribution >= 0.6 is 70.4 Å². The Balaban J connectivity index is 0.000000610. The molecule has 0 radical (unpaired) electrons. The lowest BCUT2D eigenvalue weighted by Crippen LogP contribution is -2.39. The third-order valence-corrected chi connectivity index (χ3v) is 26.9. The number of hydrogen-bond donors (Lipinski definition) is 8. The summed E-state index contributed by atoms with van der Waals surface area (Å²) in [6.07, 6.45) is 0.475. The quantitative estimate of drug-likeness (QED) is 0.0106. The number of carbonyl (C=O) groups excluding carboxylic acids is 2. The van der Waals surface area contributed by atoms with E-state index in [1.165, 1.54) is 38.6 Å². The highest BCUT2D eigenvalue weighted by molar-refractivity contribution is 8.77. The van der Waals surface area contributed by atoms with E-state index in [2.05, 4.69) is 191 Å². The third-order valence-electron chi connectivity index (χ3n) is 15.8. The van der Waals surface area contributed by atoms with Crippen LogP contribution in [0.4, 0.5) is 11.9 Å². The molecule has 0 aliphatic carbocycles. The Bertz CT molecular complexity index is 3790. The highest BCUT2D eigenvalue weighted by Gasteiger charge is 2.48. The first-order valence-electron chi connectivity index (χ1n) is 38.9. The summed E-state index contributed by atoms with van der Waals surface area (Å²) < 4.78 is 83.5. The Labute approximate surface area is 688 Å². The summed E-state index contributed by atoms with van der Waals surface area (Å²) in [5.74, 6) is 2.87. The number of aliphatic hydroxyl groups excluding tert-OH is 4. The van der Waals surface area contributed by atoms with Crippen LogP contribution in [0.15, 0.2) is 70.8 Å². The number of aromatic nitrogens is 8. The smallest absolute Gasteiger partial charge is 0.280 e. The molecule has 4 unspecified atom stereocenters. The maximum absolute atomic E-state index is 13.1. The van der Waals surface area contributed by atoms with E-state index in [4.69, 9.17) is 59.4 Å². The van der Waals surface area contributed by atoms with Crippen molar-refractivity contribution in [1.29, 1.82) is 2.86 Å². The number of methoxy groups -OCH3 is 2. The lowest BCUT2D eigenvalue weighted by molar-refractivity contribution is -0.118. The summed E-state index contributed by atoms with van der Waals surface area (Å²) in [7, 11) is 11.2. The number of halogens is 1. The molecule has 0 bridgehead atoms. The molecule has 632 valence electrons. The van der Waals surface area contributed by atoms with Crippen LogP contribution in [0.25, 0.3) is 22.3 Å². The maximum Gasteiger partial charge on any atom is 0.280 e. The van der Waals surface area contributed by atoms with Crippen molar-refractivity contribution < 1.29 is 70.2 Å². The first kappa shape index (κ1) is 95.6. The zero-order valence-corrected chi connectivity index (χ0v) is 74.2. The lowest BCUT2D eigenvalue weighted by atomic mass is 10.0. The van der Waals surface area contributed by atoms with Gasteiger partial charge in [0.15, 0.2) is 48.0 Å². The highest BCUT2D eigenvalue weighted by atomic mass is 35.7. The SMILES string of the molecule is C.CC(C)(C)SSCCCCO.CC(C)N(C(C)C)P(C)Cl.[2H]C[C@H]1O[C@@H](n2cnc3c(=O)[nH]c(NC(=O)COc4ccc(C(C)C)cc4)nc32)[C@@H](OC)C1O.[2H]C[C@H]1O[C@@H](n2cnc3c(=O)[nH]c(NC(=O)COc4ccc(C(C)C)cc4)nc32)[C@@H](OC)C1OP(OCCCCSSC(C)(C)C)N(C(C)C)C(C)C.[3H]OC.[3H]OC. The van der Waals surface area contributed by atoms with Crippen molar-refractivity contribution >= 4 is 116 Å². The molecular weight excluding hydrogens is 1560 g/mol. The molecule has 6 heterocycles. The number of benzene rings is 2. The van der Waals surface area contributed by atoms with Gasteiger partial charge in [-0.05, 0) is 149 Å². The number of carbonyl (C=O) groups is 2. The Hall–Kier alpha value is -4.25. The van der Waals surface area contributed by atoms with Gasteiger partial charge in [-0.25, -0.2) is 14.6 Å². The number of fused-ring (bicyclic) bond motifs is 2. The van der Waals surface area contributed by atoms with E-state index >= 15 is 0 Å². The number of H-pyrrole nitrogens is 2. The van der Waals surface area contributed by atoms with Gasteiger partial charge in [-0.3, -0.25) is 53.6 Å². The van der Waals surface area contributed by atoms with Gasteiger partial charge in [0.2, 0.25) is 14.8 Å². The first-order chi connectivity index (χ1) is 53.8. The summed E-state index contributed by atoms with van der Waals surface area (Å²) in [6, 6.07) is 16.4. The minimum Gasteiger partial charge on any atom is -0.484 e. The molecule has 8 rings (SSSR count). The molecular formula is C76H131ClN12O16P2S4. The molecule has 2 aliphatic rings. The molecule has 0 saturated carbocycles. The van der Waals surface area contributed by atoms with Crippen LogP contribution < -0.4 is 31.2 Å². The Morgan fingerprint density at radius 1 is 0.658 bits per heavy atom. The fourth-order valence-corrected chi connectivity index (χ4v) is 19.9. The lowest BCUT2D eigenvalue weighted by Gasteiger charge is -2.38. The fourth-order valence-electron chi connectivity index (χ4n) is 11.0. The number of amides is 2. The summed E-state index contributed by atoms with van der Waals surface area (Å²) in [5.41, 5.74) is 1.62. The number of hydrogen-bond acceptors (Lipinski definition) is 26. The number of aliphatic hydroxyl groups is 4. The molecule has 2 aromatic carbocycles. The number of imidazole rings is 2. The van der Waals surface area contributed by atoms with Crippen molar-refractivity contribution in [2.75, 3.05) is 83.7 Å². The molecule has 111 heavy (non-hydrogen) atoms. The minimum absolute atomic E-state index is 0. The molecule has 4 aromatic heterocycles. The second-order valence-corrected chi connectivity index (χ2v) is 39.7. The summed E-state index contributed by atoms with van der Waals surface area (Å²) in [4.78, 5) is 73.1. The molecule has 8 N–H and O–H groups in total. The molecule has 0 spiro atoms. The molecule has 2 saturated heterocycles. The maximum atomic E-state index is 13.1. The summed E-state index contributed by atoms with van der Waals surface area (Å²) >= 11 is 6.02. The Morgan fingerprint density at radius 2 is 1.05 bits per heavy atom. The number of nitrogens with one attached hydrogen (secondary N) is 4. The number of rotatable bonds is 34. The molecule has 6 aromatic rings. The number of ether oxygens (including phenoxy) is 6. The second kappa shape index (κ2) is 51.7. The molecule has 2 fully saturated rings. The van der Waals surface area contributed by atoms with Crippen LogP contribution in [-0.2, 0) is 37.6 Å². The van der Waals surface area contributed by atoms with Crippen LogP contribution in [0.5, 0.6) is 11.5 Å². The van der Waals surface area contributed by atoms with E-state index in [9.17, 15) is 24.3 Å². The van der Waals surface area contributed by atoms with E-state index in [-0.39, 0.29) is 85.5 Å². The van der Waals surface area contributed by atoms with Crippen LogP contribution in [0.1, 0.15) is 210 Å². The summed E-state index contributed by atoms with van der Waals surface area (Å²) in [6.45, 7) is 41.0. The first-order valence-corrected chi connectivity index (χ1v) is 45.1. The largest absolute Gasteiger partial charge is 0.484 e. The van der Waals surface area contributed by atoms with Crippen molar-refractivity contribution in [2.24, 2.45) is 0 Å². The Kier molecular flexibility index (Phi) is 44.6. The van der Waals surface area contributed by atoms with E-state index in [0.717, 1.165) is 48.3 Å². The van der Waals surface area contributed by atoms with Crippen molar-refractivity contribution in [3.05, 3.63) is 93.0 Å². The summed E-state index contributed by atoms with van der Waals surface area (Å²) in [5, 5.41) is 31.0. The van der Waals surface area contributed by atoms with Gasteiger partial charge < -0.3 is 57.9 Å². The van der Waals surface area contributed by atoms with Crippen molar-refractivity contribution in [3.8, 4) is 11.5 Å². The number of unbranched alkanes of at least 4 members (excludes halogenated alkanes) is 2. The van der Waals surface area contributed by atoms with Crippen molar-refractivity contribution in [1.82, 2.24) is 48.4 Å². The molecule has 2 aliphatic heterocycles. The van der Waals surface area contributed by atoms with E-state index in [0.29, 0.717) is 53.4 Å². The van der Waals surface area contributed by atoms with E-state index in [1.807, 2.05) is 79.6 Å². The third kappa shape index (κ3) is 34.1.